The van der Waals surface area contributed by atoms with E-state index in [1.807, 2.05) is 6.92 Å². The van der Waals surface area contributed by atoms with Crippen LogP contribution in [0.5, 0.6) is 11.5 Å². The molecule has 0 amide bonds. The molecule has 206 valence electrons. The first-order chi connectivity index (χ1) is 17.9. The molecule has 2 heterocycles. The highest BCUT2D eigenvalue weighted by Gasteiger charge is 2.32. The smallest absolute Gasteiger partial charge is 0.295 e. The molecule has 1 aromatic heterocycles. The van der Waals surface area contributed by atoms with Gasteiger partial charge in [-0.15, -0.1) is 0 Å². The van der Waals surface area contributed by atoms with Crippen molar-refractivity contribution in [2.45, 2.75) is 44.7 Å². The highest BCUT2D eigenvalue weighted by atomic mass is 32.2. The highest BCUT2D eigenvalue weighted by molar-refractivity contribution is 7.88. The van der Waals surface area contributed by atoms with E-state index in [1.165, 1.54) is 35.9 Å². The molecule has 9 nitrogen and oxygen atoms in total. The molecular formula is C26H32F2N4O5S. The molecule has 0 aliphatic carbocycles. The summed E-state index contributed by atoms with van der Waals surface area (Å²) in [7, 11) is -1.83. The Hall–Kier alpha value is -3.09. The van der Waals surface area contributed by atoms with Crippen molar-refractivity contribution in [1.29, 1.82) is 0 Å². The Bertz CT molecular complexity index is 1420. The second kappa shape index (κ2) is 11.0. The molecule has 38 heavy (non-hydrogen) atoms. The number of hydrogen-bond donors (Lipinski definition) is 2. The van der Waals surface area contributed by atoms with Crippen LogP contribution in [0.3, 0.4) is 0 Å². The number of sulfonamides is 1. The Morgan fingerprint density at radius 3 is 2.68 bits per heavy atom. The van der Waals surface area contributed by atoms with Crippen molar-refractivity contribution in [2.24, 2.45) is 0 Å². The summed E-state index contributed by atoms with van der Waals surface area (Å²) in [5, 5.41) is 13.0. The maximum Gasteiger partial charge on any atom is 0.295 e. The number of aliphatic hydroxyl groups is 1. The van der Waals surface area contributed by atoms with Gasteiger partial charge in [-0.25, -0.2) is 18.4 Å². The molecule has 2 N–H and O–H groups in total. The molecule has 12 heteroatoms. The van der Waals surface area contributed by atoms with E-state index in [0.717, 1.165) is 6.42 Å². The molecule has 0 spiro atoms. The Morgan fingerprint density at radius 2 is 2.00 bits per heavy atom. The van der Waals surface area contributed by atoms with Gasteiger partial charge in [0, 0.05) is 29.6 Å². The standard InChI is InChI=1S/C26H32F2N4O5S/c1-16(18-7-5-8-19(11-18)26(27,28)15-33)29-25-21-12-24(23(36-3)13-22(21)30-17(2)31-25)37-14-20-9-6-10-32(20)38(4,34)35/h5,7-8,11-13,16,20,33H,6,9-10,14-15H2,1-4H3,(H,29,30,31)/t16-,20+/m1/s1. The van der Waals surface area contributed by atoms with Crippen LogP contribution in [0.4, 0.5) is 14.6 Å². The third-order valence-electron chi connectivity index (χ3n) is 6.63. The van der Waals surface area contributed by atoms with Gasteiger partial charge < -0.3 is 19.9 Å². The maximum atomic E-state index is 14.1. The van der Waals surface area contributed by atoms with Gasteiger partial charge in [-0.3, -0.25) is 0 Å². The number of anilines is 1. The van der Waals surface area contributed by atoms with Gasteiger partial charge in [0.2, 0.25) is 10.0 Å². The Morgan fingerprint density at radius 1 is 1.24 bits per heavy atom. The van der Waals surface area contributed by atoms with Gasteiger partial charge in [0.1, 0.15) is 24.9 Å². The fraction of sp³-hybridized carbons (Fsp3) is 0.462. The van der Waals surface area contributed by atoms with Crippen LogP contribution in [0, 0.1) is 6.92 Å². The van der Waals surface area contributed by atoms with E-state index in [2.05, 4.69) is 15.3 Å². The zero-order valence-electron chi connectivity index (χ0n) is 21.7. The number of aromatic nitrogens is 2. The number of fused-ring (bicyclic) bond motifs is 1. The molecule has 0 bridgehead atoms. The summed E-state index contributed by atoms with van der Waals surface area (Å²) in [6.45, 7) is 2.91. The highest BCUT2D eigenvalue weighted by Crippen LogP contribution is 2.36. The van der Waals surface area contributed by atoms with E-state index >= 15 is 0 Å². The average Bonchev–Trinajstić information content (AvgIpc) is 3.36. The van der Waals surface area contributed by atoms with Gasteiger partial charge in [0.15, 0.2) is 11.5 Å². The molecule has 4 rings (SSSR count). The summed E-state index contributed by atoms with van der Waals surface area (Å²) < 4.78 is 65.4. The summed E-state index contributed by atoms with van der Waals surface area (Å²) >= 11 is 0. The summed E-state index contributed by atoms with van der Waals surface area (Å²) in [6, 6.07) is 8.65. The third kappa shape index (κ3) is 5.97. The number of aryl methyl sites for hydroxylation is 1. The van der Waals surface area contributed by atoms with Crippen LogP contribution in [0.2, 0.25) is 0 Å². The van der Waals surface area contributed by atoms with E-state index in [9.17, 15) is 17.2 Å². The molecule has 2 atom stereocenters. The predicted octanol–water partition coefficient (Wildman–Crippen LogP) is 4.01. The lowest BCUT2D eigenvalue weighted by Gasteiger charge is -2.23. The van der Waals surface area contributed by atoms with Crippen molar-refractivity contribution in [3.05, 3.63) is 53.3 Å². The monoisotopic (exact) mass is 550 g/mol. The molecule has 1 saturated heterocycles. The number of benzene rings is 2. The van der Waals surface area contributed by atoms with Crippen molar-refractivity contribution in [1.82, 2.24) is 14.3 Å². The fourth-order valence-electron chi connectivity index (χ4n) is 4.65. The predicted molar refractivity (Wildman–Crippen MR) is 140 cm³/mol. The van der Waals surface area contributed by atoms with Crippen molar-refractivity contribution < 1.29 is 31.8 Å². The van der Waals surface area contributed by atoms with Gasteiger partial charge in [-0.1, -0.05) is 18.2 Å². The van der Waals surface area contributed by atoms with Gasteiger partial charge in [-0.05, 0) is 44.4 Å². The quantitative estimate of drug-likeness (QED) is 0.389. The van der Waals surface area contributed by atoms with E-state index in [-0.39, 0.29) is 18.2 Å². The zero-order chi connectivity index (χ0) is 27.7. The molecule has 0 saturated carbocycles. The molecule has 0 unspecified atom stereocenters. The topological polar surface area (TPSA) is 114 Å². The van der Waals surface area contributed by atoms with Crippen LogP contribution in [-0.2, 0) is 15.9 Å². The maximum absolute atomic E-state index is 14.1. The zero-order valence-corrected chi connectivity index (χ0v) is 22.6. The minimum Gasteiger partial charge on any atom is -0.493 e. The summed E-state index contributed by atoms with van der Waals surface area (Å²) in [4.78, 5) is 9.04. The lowest BCUT2D eigenvalue weighted by atomic mass is 10.0. The molecular weight excluding hydrogens is 518 g/mol. The molecule has 1 aliphatic heterocycles. The van der Waals surface area contributed by atoms with Crippen LogP contribution >= 0.6 is 0 Å². The first kappa shape index (κ1) is 27.9. The Kier molecular flexibility index (Phi) is 8.05. The van der Waals surface area contributed by atoms with Gasteiger partial charge in [0.05, 0.1) is 24.9 Å². The number of ether oxygens (including phenoxy) is 2. The van der Waals surface area contributed by atoms with Crippen molar-refractivity contribution >= 4 is 26.7 Å². The summed E-state index contributed by atoms with van der Waals surface area (Å²) in [5.41, 5.74) is 0.910. The molecule has 2 aromatic carbocycles. The van der Waals surface area contributed by atoms with E-state index in [0.29, 0.717) is 52.6 Å². The van der Waals surface area contributed by atoms with Crippen LogP contribution < -0.4 is 14.8 Å². The number of nitrogens with one attached hydrogen (secondary N) is 1. The minimum atomic E-state index is -3.34. The number of hydrogen-bond acceptors (Lipinski definition) is 8. The number of rotatable bonds is 10. The fourth-order valence-corrected chi connectivity index (χ4v) is 5.82. The van der Waals surface area contributed by atoms with Crippen LogP contribution in [0.25, 0.3) is 10.9 Å². The minimum absolute atomic E-state index is 0.159. The number of methoxy groups -OCH3 is 1. The summed E-state index contributed by atoms with van der Waals surface area (Å²) in [5.74, 6) is -1.52. The van der Waals surface area contributed by atoms with E-state index < -0.39 is 28.6 Å². The molecule has 3 aromatic rings. The van der Waals surface area contributed by atoms with E-state index in [1.54, 1.807) is 25.1 Å². The number of halogens is 2. The molecule has 1 aliphatic rings. The lowest BCUT2D eigenvalue weighted by molar-refractivity contribution is -0.0556. The van der Waals surface area contributed by atoms with Gasteiger partial charge in [-0.2, -0.15) is 13.1 Å². The number of alkyl halides is 2. The Balaban J connectivity index is 1.64. The van der Waals surface area contributed by atoms with Crippen LogP contribution in [0.15, 0.2) is 36.4 Å². The van der Waals surface area contributed by atoms with Gasteiger partial charge in [0.25, 0.3) is 5.92 Å². The van der Waals surface area contributed by atoms with Crippen molar-refractivity contribution in [3.8, 4) is 11.5 Å². The van der Waals surface area contributed by atoms with Gasteiger partial charge >= 0.3 is 0 Å². The normalized spacial score (nSPS) is 17.5. The first-order valence-electron chi connectivity index (χ1n) is 12.2. The second-order valence-corrected chi connectivity index (χ2v) is 11.4. The van der Waals surface area contributed by atoms with Crippen molar-refractivity contribution in [2.75, 3.05) is 38.4 Å². The van der Waals surface area contributed by atoms with Crippen molar-refractivity contribution in [3.63, 3.8) is 0 Å². The molecule has 1 fully saturated rings. The lowest BCUT2D eigenvalue weighted by Crippen LogP contribution is -2.38. The average molecular weight is 551 g/mol. The SMILES string of the molecule is COc1cc2nc(C)nc(N[C@H](C)c3cccc(C(F)(F)CO)c3)c2cc1OC[C@@H]1CCCN1S(C)(=O)=O. The third-order valence-corrected chi connectivity index (χ3v) is 7.97. The second-order valence-electron chi connectivity index (χ2n) is 9.47. The van der Waals surface area contributed by atoms with Crippen LogP contribution in [0.1, 0.15) is 42.8 Å². The number of nitrogens with zero attached hydrogens (tertiary/aromatic N) is 3. The van der Waals surface area contributed by atoms with E-state index in [4.69, 9.17) is 14.6 Å². The number of aliphatic hydroxyl groups excluding tert-OH is 1. The van der Waals surface area contributed by atoms with Crippen LogP contribution in [-0.4, -0.2) is 67.0 Å². The molecule has 0 radical (unpaired) electrons. The summed E-state index contributed by atoms with van der Waals surface area (Å²) in [6.07, 6.45) is 2.66. The largest absolute Gasteiger partial charge is 0.493 e. The first-order valence-corrected chi connectivity index (χ1v) is 14.1. The Labute approximate surface area is 220 Å².